The van der Waals surface area contributed by atoms with E-state index in [1.165, 1.54) is 26.8 Å². The number of hydrogen-bond acceptors (Lipinski definition) is 5. The highest BCUT2D eigenvalue weighted by molar-refractivity contribution is 6.08. The topological polar surface area (TPSA) is 108 Å². The number of ether oxygens (including phenoxy) is 1. The minimum atomic E-state index is -4.77. The van der Waals surface area contributed by atoms with Crippen molar-refractivity contribution in [2.75, 3.05) is 4.90 Å². The summed E-state index contributed by atoms with van der Waals surface area (Å²) in [6.45, 7) is 5.07. The van der Waals surface area contributed by atoms with E-state index in [1.807, 2.05) is 0 Å². The third-order valence-corrected chi connectivity index (χ3v) is 2.71. The molecule has 0 aromatic carbocycles. The number of rotatable bonds is 2. The number of alkyl halides is 3. The highest BCUT2D eigenvalue weighted by Crippen LogP contribution is 2.34. The van der Waals surface area contributed by atoms with Gasteiger partial charge in [-0.05, 0) is 27.7 Å². The molecule has 1 aromatic heterocycles. The van der Waals surface area contributed by atoms with E-state index in [0.717, 1.165) is 6.20 Å². The van der Waals surface area contributed by atoms with Crippen LogP contribution in [0.25, 0.3) is 0 Å². The Morgan fingerprint density at radius 2 is 1.96 bits per heavy atom. The molecule has 0 spiro atoms. The smallest absolute Gasteiger partial charge is 0.425 e. The van der Waals surface area contributed by atoms with Crippen LogP contribution in [0.3, 0.4) is 0 Å². The third kappa shape index (κ3) is 4.15. The van der Waals surface area contributed by atoms with E-state index in [-0.39, 0.29) is 9.58 Å². The van der Waals surface area contributed by atoms with Gasteiger partial charge in [0, 0.05) is 0 Å². The number of nitriles is 1. The number of halogens is 3. The fourth-order valence-corrected chi connectivity index (χ4v) is 1.64. The van der Waals surface area contributed by atoms with Crippen LogP contribution < -0.4 is 4.90 Å². The summed E-state index contributed by atoms with van der Waals surface area (Å²) in [5, 5.41) is 21.6. The fourth-order valence-electron chi connectivity index (χ4n) is 1.64. The zero-order chi connectivity index (χ0) is 18.9. The van der Waals surface area contributed by atoms with Crippen LogP contribution >= 0.6 is 0 Å². The van der Waals surface area contributed by atoms with Crippen molar-refractivity contribution in [3.05, 3.63) is 11.8 Å². The lowest BCUT2D eigenvalue weighted by atomic mass is 10.2. The van der Waals surface area contributed by atoms with Gasteiger partial charge in [-0.3, -0.25) is 0 Å². The van der Waals surface area contributed by atoms with Crippen molar-refractivity contribution in [2.45, 2.75) is 45.5 Å². The number of anilines is 1. The molecule has 24 heavy (non-hydrogen) atoms. The highest BCUT2D eigenvalue weighted by Gasteiger charge is 2.42. The number of carbonyl (C=O) groups excluding carboxylic acids is 1. The van der Waals surface area contributed by atoms with Gasteiger partial charge >= 0.3 is 18.4 Å². The summed E-state index contributed by atoms with van der Waals surface area (Å²) < 4.78 is 43.9. The second kappa shape index (κ2) is 6.38. The lowest BCUT2D eigenvalue weighted by molar-refractivity contribution is -0.165. The van der Waals surface area contributed by atoms with E-state index >= 15 is 0 Å². The fraction of sp³-hybridized carbons (Fsp3) is 0.538. The van der Waals surface area contributed by atoms with Crippen molar-refractivity contribution in [3.63, 3.8) is 0 Å². The number of hydrogen-bond donors (Lipinski definition) is 1. The van der Waals surface area contributed by atoms with Crippen LogP contribution in [0.5, 0.6) is 0 Å². The quantitative estimate of drug-likeness (QED) is 0.878. The Labute approximate surface area is 135 Å². The van der Waals surface area contributed by atoms with E-state index in [0.29, 0.717) is 6.92 Å². The normalized spacial score (nSPS) is 13.1. The van der Waals surface area contributed by atoms with Crippen molar-refractivity contribution >= 4 is 18.0 Å². The number of nitrogens with zero attached hydrogens (tertiary/aromatic N) is 4. The first-order chi connectivity index (χ1) is 10.8. The van der Waals surface area contributed by atoms with Gasteiger partial charge in [0.2, 0.25) is 0 Å². The van der Waals surface area contributed by atoms with Crippen molar-refractivity contribution < 1.29 is 32.6 Å². The number of carbonyl (C=O) groups is 2. The molecule has 0 radical (unpaired) electrons. The molecule has 0 saturated heterocycles. The average molecular weight is 348 g/mol. The van der Waals surface area contributed by atoms with Gasteiger partial charge < -0.3 is 9.84 Å². The van der Waals surface area contributed by atoms with Gasteiger partial charge in [0.15, 0.2) is 5.82 Å². The van der Waals surface area contributed by atoms with Crippen LogP contribution in [-0.4, -0.2) is 38.9 Å². The molecule has 0 bridgehead atoms. The van der Waals surface area contributed by atoms with Gasteiger partial charge in [0.05, 0.1) is 6.20 Å². The van der Waals surface area contributed by atoms with Crippen molar-refractivity contribution in [2.24, 2.45) is 0 Å². The highest BCUT2D eigenvalue weighted by atomic mass is 19.4. The predicted molar refractivity (Wildman–Crippen MR) is 74.4 cm³/mol. The summed E-state index contributed by atoms with van der Waals surface area (Å²) in [6.07, 6.45) is -7.37. The van der Waals surface area contributed by atoms with E-state index in [9.17, 15) is 27.9 Å². The largest absolute Gasteiger partial charge is 0.464 e. The zero-order valence-corrected chi connectivity index (χ0v) is 13.2. The van der Waals surface area contributed by atoms with Gasteiger partial charge in [-0.15, -0.1) is 0 Å². The molecule has 1 N–H and O–H groups in total. The Morgan fingerprint density at radius 1 is 1.42 bits per heavy atom. The predicted octanol–water partition coefficient (Wildman–Crippen LogP) is 3.30. The molecular formula is C13H15F3N4O4. The number of amides is 2. The summed E-state index contributed by atoms with van der Waals surface area (Å²) in [5.41, 5.74) is -1.61. The summed E-state index contributed by atoms with van der Waals surface area (Å²) in [7, 11) is 0. The molecule has 0 saturated carbocycles. The number of imide groups is 1. The van der Waals surface area contributed by atoms with Gasteiger partial charge in [0.1, 0.15) is 23.3 Å². The molecule has 8 nitrogen and oxygen atoms in total. The monoisotopic (exact) mass is 348 g/mol. The Morgan fingerprint density at radius 3 is 2.33 bits per heavy atom. The molecule has 0 aliphatic carbocycles. The summed E-state index contributed by atoms with van der Waals surface area (Å²) >= 11 is 0. The maximum Gasteiger partial charge on any atom is 0.425 e. The van der Waals surface area contributed by atoms with Crippen molar-refractivity contribution in [1.29, 1.82) is 5.26 Å². The van der Waals surface area contributed by atoms with Crippen molar-refractivity contribution in [1.82, 2.24) is 9.78 Å². The molecule has 0 aliphatic rings. The SMILES string of the molecule is C[C@H](n1ncc(C#N)c1N(C(=O)O)C(=O)OC(C)(C)C)C(F)(F)F. The van der Waals surface area contributed by atoms with Crippen LogP contribution in [-0.2, 0) is 4.74 Å². The Kier molecular flexibility index (Phi) is 5.13. The lowest BCUT2D eigenvalue weighted by Gasteiger charge is -2.26. The standard InChI is InChI=1S/C13H15F3N4O4/c1-7(13(14,15)16)20-9(8(5-17)6-18-20)19(10(21)22)11(23)24-12(2,3)4/h6-7H,1-4H3,(H,21,22)/t7-/m0/s1. The van der Waals surface area contributed by atoms with E-state index in [1.54, 1.807) is 0 Å². The first-order valence-electron chi connectivity index (χ1n) is 6.60. The number of carboxylic acid groups (broad SMARTS) is 1. The van der Waals surface area contributed by atoms with E-state index in [2.05, 4.69) is 5.10 Å². The minimum absolute atomic E-state index is 0.0704. The van der Waals surface area contributed by atoms with Crippen LogP contribution in [0.4, 0.5) is 28.6 Å². The maximum absolute atomic E-state index is 12.9. The van der Waals surface area contributed by atoms with Gasteiger partial charge in [-0.25, -0.2) is 14.3 Å². The van der Waals surface area contributed by atoms with Crippen molar-refractivity contribution in [3.8, 4) is 6.07 Å². The first kappa shape index (κ1) is 19.3. The van der Waals surface area contributed by atoms with Gasteiger partial charge in [0.25, 0.3) is 0 Å². The Hall–Kier alpha value is -2.77. The molecule has 1 aromatic rings. The van der Waals surface area contributed by atoms with E-state index < -0.39 is 41.4 Å². The summed E-state index contributed by atoms with van der Waals surface area (Å²) in [6, 6.07) is -0.753. The molecule has 2 amide bonds. The van der Waals surface area contributed by atoms with Gasteiger partial charge in [-0.2, -0.15) is 28.4 Å². The van der Waals surface area contributed by atoms with E-state index in [4.69, 9.17) is 10.00 Å². The molecule has 1 atom stereocenters. The second-order valence-electron chi connectivity index (χ2n) is 5.75. The molecule has 11 heteroatoms. The van der Waals surface area contributed by atoms with Gasteiger partial charge in [-0.1, -0.05) is 0 Å². The second-order valence-corrected chi connectivity index (χ2v) is 5.75. The molecule has 0 aliphatic heterocycles. The Bertz CT molecular complexity index is 685. The van der Waals surface area contributed by atoms with Crippen LogP contribution in [0, 0.1) is 11.3 Å². The Balaban J connectivity index is 3.49. The molecule has 1 heterocycles. The molecular weight excluding hydrogens is 333 g/mol. The first-order valence-corrected chi connectivity index (χ1v) is 6.60. The van der Waals surface area contributed by atoms with Crippen LogP contribution in [0.15, 0.2) is 6.20 Å². The summed E-state index contributed by atoms with van der Waals surface area (Å²) in [4.78, 5) is 23.4. The molecule has 0 unspecified atom stereocenters. The lowest BCUT2D eigenvalue weighted by Crippen LogP contribution is -2.42. The summed E-state index contributed by atoms with van der Waals surface area (Å²) in [5.74, 6) is -0.830. The zero-order valence-electron chi connectivity index (χ0n) is 13.2. The molecule has 132 valence electrons. The maximum atomic E-state index is 12.9. The molecule has 0 fully saturated rings. The third-order valence-electron chi connectivity index (χ3n) is 2.71. The molecule has 1 rings (SSSR count). The van der Waals surface area contributed by atoms with Crippen LogP contribution in [0.1, 0.15) is 39.3 Å². The minimum Gasteiger partial charge on any atom is -0.464 e. The number of aromatic nitrogens is 2. The van der Waals surface area contributed by atoms with Crippen LogP contribution in [0.2, 0.25) is 0 Å². The average Bonchev–Trinajstić information content (AvgIpc) is 2.77.